The van der Waals surface area contributed by atoms with Crippen LogP contribution in [-0.4, -0.2) is 17.4 Å². The fourth-order valence-electron chi connectivity index (χ4n) is 0.808. The van der Waals surface area contributed by atoms with Crippen molar-refractivity contribution in [2.24, 2.45) is 0 Å². The Labute approximate surface area is 89.6 Å². The van der Waals surface area contributed by atoms with E-state index >= 15 is 0 Å². The molecule has 0 atom stereocenters. The second-order valence-electron chi connectivity index (χ2n) is 2.36. The highest BCUT2D eigenvalue weighted by molar-refractivity contribution is 9.10. The number of aromatic nitrogens is 1. The van der Waals surface area contributed by atoms with Crippen molar-refractivity contribution in [3.8, 4) is 0 Å². The summed E-state index contributed by atoms with van der Waals surface area (Å²) in [5, 5.41) is 3.09. The Morgan fingerprint density at radius 3 is 3.00 bits per heavy atom. The summed E-state index contributed by atoms with van der Waals surface area (Å²) in [6.45, 7) is 2.44. The number of nitrogens with one attached hydrogen (secondary N) is 1. The van der Waals surface area contributed by atoms with E-state index in [0.717, 1.165) is 0 Å². The van der Waals surface area contributed by atoms with Gasteiger partial charge in [0.1, 0.15) is 4.60 Å². The number of carbonyl (C=O) groups excluding carboxylic acids is 1. The zero-order chi connectivity index (χ0) is 9.84. The van der Waals surface area contributed by atoms with Crippen LogP contribution in [0.3, 0.4) is 0 Å². The minimum Gasteiger partial charge on any atom is -0.352 e. The van der Waals surface area contributed by atoms with Crippen LogP contribution in [0.15, 0.2) is 16.9 Å². The van der Waals surface area contributed by atoms with Gasteiger partial charge in [0.05, 0.1) is 10.6 Å². The average Bonchev–Trinajstić information content (AvgIpc) is 2.10. The van der Waals surface area contributed by atoms with Gasteiger partial charge in [-0.05, 0) is 28.9 Å². The number of pyridine rings is 1. The summed E-state index contributed by atoms with van der Waals surface area (Å²) in [6.07, 6.45) is 1.47. The van der Waals surface area contributed by atoms with Crippen LogP contribution >= 0.6 is 27.5 Å². The van der Waals surface area contributed by atoms with Crippen molar-refractivity contribution in [1.82, 2.24) is 10.3 Å². The van der Waals surface area contributed by atoms with Gasteiger partial charge in [-0.3, -0.25) is 4.79 Å². The molecule has 70 valence electrons. The second-order valence-corrected chi connectivity index (χ2v) is 3.51. The highest BCUT2D eigenvalue weighted by atomic mass is 79.9. The predicted octanol–water partition coefficient (Wildman–Crippen LogP) is 2.25. The van der Waals surface area contributed by atoms with Gasteiger partial charge in [0.15, 0.2) is 0 Å². The van der Waals surface area contributed by atoms with Crippen LogP contribution in [0.25, 0.3) is 0 Å². The molecule has 0 saturated carbocycles. The standard InChI is InChI=1S/C8H8BrClN2O/c1-2-11-8(13)5-3-6(10)7(9)12-4-5/h3-4H,2H2,1H3,(H,11,13). The van der Waals surface area contributed by atoms with Gasteiger partial charge < -0.3 is 5.32 Å². The first-order valence-electron chi connectivity index (χ1n) is 3.74. The lowest BCUT2D eigenvalue weighted by atomic mass is 10.3. The lowest BCUT2D eigenvalue weighted by molar-refractivity contribution is 0.0955. The Hall–Kier alpha value is -0.610. The third-order valence-electron chi connectivity index (χ3n) is 1.40. The van der Waals surface area contributed by atoms with Crippen molar-refractivity contribution in [3.63, 3.8) is 0 Å². The number of carbonyl (C=O) groups is 1. The largest absolute Gasteiger partial charge is 0.352 e. The van der Waals surface area contributed by atoms with Gasteiger partial charge in [0, 0.05) is 12.7 Å². The van der Waals surface area contributed by atoms with E-state index in [9.17, 15) is 4.79 Å². The number of nitrogens with zero attached hydrogens (tertiary/aromatic N) is 1. The number of hydrogen-bond acceptors (Lipinski definition) is 2. The van der Waals surface area contributed by atoms with E-state index in [1.807, 2.05) is 6.92 Å². The third-order valence-corrected chi connectivity index (χ3v) is 2.54. The van der Waals surface area contributed by atoms with Crippen molar-refractivity contribution in [2.75, 3.05) is 6.54 Å². The van der Waals surface area contributed by atoms with Crippen LogP contribution in [0.1, 0.15) is 17.3 Å². The molecular weight excluding hydrogens is 255 g/mol. The molecule has 0 bridgehead atoms. The maximum Gasteiger partial charge on any atom is 0.252 e. The molecule has 0 aliphatic carbocycles. The molecule has 0 aliphatic rings. The van der Waals surface area contributed by atoms with Gasteiger partial charge >= 0.3 is 0 Å². The molecule has 0 aliphatic heterocycles. The zero-order valence-corrected chi connectivity index (χ0v) is 9.32. The molecule has 0 radical (unpaired) electrons. The molecule has 5 heteroatoms. The summed E-state index contributed by atoms with van der Waals surface area (Å²) < 4.78 is 0.544. The molecule has 1 aromatic rings. The summed E-state index contributed by atoms with van der Waals surface area (Å²) in [4.78, 5) is 15.2. The Morgan fingerprint density at radius 1 is 1.77 bits per heavy atom. The molecule has 1 aromatic heterocycles. The fourth-order valence-corrected chi connectivity index (χ4v) is 1.19. The highest BCUT2D eigenvalue weighted by Gasteiger charge is 2.06. The summed E-state index contributed by atoms with van der Waals surface area (Å²) in [5.41, 5.74) is 0.468. The van der Waals surface area contributed by atoms with E-state index in [4.69, 9.17) is 11.6 Å². The minimum atomic E-state index is -0.163. The zero-order valence-electron chi connectivity index (χ0n) is 6.97. The van der Waals surface area contributed by atoms with Gasteiger partial charge in [0.2, 0.25) is 0 Å². The van der Waals surface area contributed by atoms with Gasteiger partial charge in [-0.2, -0.15) is 0 Å². The molecule has 0 saturated heterocycles. The molecule has 0 aromatic carbocycles. The van der Waals surface area contributed by atoms with Crippen molar-refractivity contribution in [2.45, 2.75) is 6.92 Å². The van der Waals surface area contributed by atoms with Crippen LogP contribution in [0.5, 0.6) is 0 Å². The Kier molecular flexibility index (Phi) is 3.69. The topological polar surface area (TPSA) is 42.0 Å². The molecule has 1 heterocycles. The van der Waals surface area contributed by atoms with Gasteiger partial charge in [-0.15, -0.1) is 0 Å². The first kappa shape index (κ1) is 10.5. The average molecular weight is 264 g/mol. The summed E-state index contributed by atoms with van der Waals surface area (Å²) >= 11 is 8.91. The number of halogens is 2. The number of amides is 1. The van der Waals surface area contributed by atoms with E-state index in [1.165, 1.54) is 6.20 Å². The number of hydrogen-bond donors (Lipinski definition) is 1. The SMILES string of the molecule is CCNC(=O)c1cnc(Br)c(Cl)c1. The van der Waals surface area contributed by atoms with E-state index in [1.54, 1.807) is 6.07 Å². The van der Waals surface area contributed by atoms with Crippen molar-refractivity contribution >= 4 is 33.4 Å². The van der Waals surface area contributed by atoms with Crippen LogP contribution < -0.4 is 5.32 Å². The first-order valence-corrected chi connectivity index (χ1v) is 4.91. The van der Waals surface area contributed by atoms with E-state index in [0.29, 0.717) is 21.7 Å². The van der Waals surface area contributed by atoms with Crippen LogP contribution in [-0.2, 0) is 0 Å². The maximum atomic E-state index is 11.3. The Balaban J connectivity index is 2.90. The van der Waals surface area contributed by atoms with Crippen molar-refractivity contribution in [3.05, 3.63) is 27.5 Å². The normalized spacial score (nSPS) is 9.77. The quantitative estimate of drug-likeness (QED) is 0.832. The minimum absolute atomic E-state index is 0.163. The Morgan fingerprint density at radius 2 is 2.46 bits per heavy atom. The molecule has 0 unspecified atom stereocenters. The second kappa shape index (κ2) is 4.58. The van der Waals surface area contributed by atoms with Crippen molar-refractivity contribution < 1.29 is 4.79 Å². The molecule has 13 heavy (non-hydrogen) atoms. The monoisotopic (exact) mass is 262 g/mol. The van der Waals surface area contributed by atoms with E-state index in [2.05, 4.69) is 26.2 Å². The van der Waals surface area contributed by atoms with Crippen LogP contribution in [0, 0.1) is 0 Å². The molecule has 1 rings (SSSR count). The summed E-state index contributed by atoms with van der Waals surface area (Å²) in [7, 11) is 0. The highest BCUT2D eigenvalue weighted by Crippen LogP contribution is 2.20. The first-order chi connectivity index (χ1) is 6.15. The maximum absolute atomic E-state index is 11.3. The molecule has 1 N–H and O–H groups in total. The van der Waals surface area contributed by atoms with Gasteiger partial charge in [0.25, 0.3) is 5.91 Å². The molecule has 0 spiro atoms. The predicted molar refractivity (Wildman–Crippen MR) is 55.0 cm³/mol. The smallest absolute Gasteiger partial charge is 0.252 e. The van der Waals surface area contributed by atoms with Gasteiger partial charge in [-0.1, -0.05) is 11.6 Å². The van der Waals surface area contributed by atoms with Gasteiger partial charge in [-0.25, -0.2) is 4.98 Å². The van der Waals surface area contributed by atoms with E-state index < -0.39 is 0 Å². The molecule has 0 fully saturated rings. The lowest BCUT2D eigenvalue weighted by Gasteiger charge is -2.02. The molecular formula is C8H8BrClN2O. The Bertz CT molecular complexity index is 330. The summed E-state index contributed by atoms with van der Waals surface area (Å²) in [5.74, 6) is -0.163. The van der Waals surface area contributed by atoms with Crippen LogP contribution in [0.4, 0.5) is 0 Å². The number of rotatable bonds is 2. The molecule has 3 nitrogen and oxygen atoms in total. The molecule has 1 amide bonds. The fraction of sp³-hybridized carbons (Fsp3) is 0.250. The van der Waals surface area contributed by atoms with Crippen molar-refractivity contribution in [1.29, 1.82) is 0 Å². The third kappa shape index (κ3) is 2.67. The van der Waals surface area contributed by atoms with Crippen LogP contribution in [0.2, 0.25) is 5.02 Å². The summed E-state index contributed by atoms with van der Waals surface area (Å²) in [6, 6.07) is 1.57. The lowest BCUT2D eigenvalue weighted by Crippen LogP contribution is -2.22. The van der Waals surface area contributed by atoms with E-state index in [-0.39, 0.29) is 5.91 Å².